The highest BCUT2D eigenvalue weighted by atomic mass is 16.3. The first-order valence-corrected chi connectivity index (χ1v) is 6.83. The molecule has 0 radical (unpaired) electrons. The molecule has 0 saturated heterocycles. The first-order valence-electron chi connectivity index (χ1n) is 6.83. The smallest absolute Gasteiger partial charge is 0.220 e. The number of carbonyl (C=O) groups is 2. The minimum atomic E-state index is -0.0525. The molecule has 0 heterocycles. The van der Waals surface area contributed by atoms with Gasteiger partial charge < -0.3 is 20.8 Å². The van der Waals surface area contributed by atoms with Crippen LogP contribution in [0.4, 0.5) is 0 Å². The van der Waals surface area contributed by atoms with Crippen molar-refractivity contribution in [2.24, 2.45) is 5.92 Å². The zero-order chi connectivity index (χ0) is 14.5. The molecule has 4 N–H and O–H groups in total. The van der Waals surface area contributed by atoms with Crippen LogP contribution in [0.1, 0.15) is 38.5 Å². The minimum absolute atomic E-state index is 0.00233. The van der Waals surface area contributed by atoms with Gasteiger partial charge in [0.15, 0.2) is 0 Å². The molecule has 0 aliphatic carbocycles. The summed E-state index contributed by atoms with van der Waals surface area (Å²) in [6.07, 6.45) is 3.76. The van der Waals surface area contributed by atoms with Crippen LogP contribution in [0, 0.1) is 5.92 Å². The normalized spacial score (nSPS) is 10.5. The maximum atomic E-state index is 11.4. The van der Waals surface area contributed by atoms with E-state index in [1.54, 1.807) is 7.05 Å². The fraction of sp³-hybridized carbons (Fsp3) is 0.846. The monoisotopic (exact) mass is 274 g/mol. The zero-order valence-corrected chi connectivity index (χ0v) is 11.7. The fourth-order valence-electron chi connectivity index (χ4n) is 1.65. The molecule has 0 aliphatic heterocycles. The Morgan fingerprint density at radius 2 is 1.63 bits per heavy atom. The second-order valence-electron chi connectivity index (χ2n) is 4.60. The number of rotatable bonds is 11. The van der Waals surface area contributed by atoms with Gasteiger partial charge in [-0.25, -0.2) is 0 Å². The van der Waals surface area contributed by atoms with Gasteiger partial charge in [-0.1, -0.05) is 6.42 Å². The van der Waals surface area contributed by atoms with Crippen molar-refractivity contribution in [1.82, 2.24) is 10.6 Å². The summed E-state index contributed by atoms with van der Waals surface area (Å²) >= 11 is 0. The van der Waals surface area contributed by atoms with Gasteiger partial charge in [0.2, 0.25) is 11.8 Å². The maximum Gasteiger partial charge on any atom is 0.220 e. The van der Waals surface area contributed by atoms with Gasteiger partial charge in [-0.05, 0) is 19.3 Å². The first-order chi connectivity index (χ1) is 9.13. The number of aliphatic hydroxyl groups excluding tert-OH is 2. The molecule has 0 atom stereocenters. The summed E-state index contributed by atoms with van der Waals surface area (Å²) in [6.45, 7) is 0.604. The van der Waals surface area contributed by atoms with Gasteiger partial charge in [-0.15, -0.1) is 0 Å². The van der Waals surface area contributed by atoms with Gasteiger partial charge in [-0.2, -0.15) is 0 Å². The average Bonchev–Trinajstić information content (AvgIpc) is 2.42. The molecule has 0 unspecified atom stereocenters. The molecule has 0 aromatic heterocycles. The second-order valence-corrected chi connectivity index (χ2v) is 4.60. The lowest BCUT2D eigenvalue weighted by atomic mass is 10.0. The van der Waals surface area contributed by atoms with Crippen LogP contribution in [0.5, 0.6) is 0 Å². The van der Waals surface area contributed by atoms with E-state index in [1.165, 1.54) is 0 Å². The summed E-state index contributed by atoms with van der Waals surface area (Å²) in [7, 11) is 1.58. The average molecular weight is 274 g/mol. The van der Waals surface area contributed by atoms with Crippen molar-refractivity contribution >= 4 is 11.8 Å². The standard InChI is InChI=1S/C13H26N2O4/c1-14-12(18)6-4-7-13(19)15-8-3-2-5-11(9-16)10-17/h11,16-17H,2-10H2,1H3,(H,14,18)(H,15,19). The van der Waals surface area contributed by atoms with E-state index in [0.717, 1.165) is 19.3 Å². The van der Waals surface area contributed by atoms with Crippen LogP contribution in [0.25, 0.3) is 0 Å². The topological polar surface area (TPSA) is 98.7 Å². The number of hydrogen-bond acceptors (Lipinski definition) is 4. The van der Waals surface area contributed by atoms with Gasteiger partial charge in [0.05, 0.1) is 0 Å². The van der Waals surface area contributed by atoms with E-state index >= 15 is 0 Å². The van der Waals surface area contributed by atoms with Crippen LogP contribution in [-0.2, 0) is 9.59 Å². The quantitative estimate of drug-likeness (QED) is 0.392. The predicted octanol–water partition coefficient (Wildman–Crippen LogP) is -0.210. The molecule has 6 nitrogen and oxygen atoms in total. The maximum absolute atomic E-state index is 11.4. The Balaban J connectivity index is 3.41. The van der Waals surface area contributed by atoms with Gasteiger partial charge in [0, 0.05) is 45.6 Å². The van der Waals surface area contributed by atoms with Crippen molar-refractivity contribution in [2.45, 2.75) is 38.5 Å². The third-order valence-corrected chi connectivity index (χ3v) is 2.96. The van der Waals surface area contributed by atoms with E-state index in [4.69, 9.17) is 10.2 Å². The van der Waals surface area contributed by atoms with Gasteiger partial charge in [-0.3, -0.25) is 9.59 Å². The molecular formula is C13H26N2O4. The molecule has 2 amide bonds. The van der Waals surface area contributed by atoms with Gasteiger partial charge in [0.1, 0.15) is 0 Å². The third kappa shape index (κ3) is 10.5. The van der Waals surface area contributed by atoms with Crippen molar-refractivity contribution in [2.75, 3.05) is 26.8 Å². The molecule has 0 aliphatic rings. The summed E-state index contributed by atoms with van der Waals surface area (Å²) in [4.78, 5) is 22.3. The van der Waals surface area contributed by atoms with Crippen LogP contribution in [0.3, 0.4) is 0 Å². The Morgan fingerprint density at radius 1 is 1.00 bits per heavy atom. The summed E-state index contributed by atoms with van der Waals surface area (Å²) in [5, 5.41) is 23.0. The highest BCUT2D eigenvalue weighted by Crippen LogP contribution is 2.06. The summed E-state index contributed by atoms with van der Waals surface area (Å²) in [6, 6.07) is 0. The first kappa shape index (κ1) is 17.9. The lowest BCUT2D eigenvalue weighted by Crippen LogP contribution is -2.25. The van der Waals surface area contributed by atoms with Gasteiger partial charge >= 0.3 is 0 Å². The molecule has 0 aromatic carbocycles. The SMILES string of the molecule is CNC(=O)CCCC(=O)NCCCCC(CO)CO. The summed E-state index contributed by atoms with van der Waals surface area (Å²) in [5.41, 5.74) is 0. The van der Waals surface area contributed by atoms with E-state index in [0.29, 0.717) is 25.8 Å². The van der Waals surface area contributed by atoms with Crippen LogP contribution in [0.15, 0.2) is 0 Å². The Labute approximate surface area is 114 Å². The Hall–Kier alpha value is -1.14. The number of unbranched alkanes of at least 4 members (excludes halogenated alkanes) is 1. The van der Waals surface area contributed by atoms with Crippen molar-refractivity contribution in [3.63, 3.8) is 0 Å². The highest BCUT2D eigenvalue weighted by molar-refractivity contribution is 5.78. The largest absolute Gasteiger partial charge is 0.396 e. The van der Waals surface area contributed by atoms with Crippen molar-refractivity contribution in [3.05, 3.63) is 0 Å². The molecule has 19 heavy (non-hydrogen) atoms. The Morgan fingerprint density at radius 3 is 2.21 bits per heavy atom. The molecule has 0 bridgehead atoms. The number of amides is 2. The molecule has 0 aromatic rings. The lowest BCUT2D eigenvalue weighted by Gasteiger charge is -2.10. The van der Waals surface area contributed by atoms with Gasteiger partial charge in [0.25, 0.3) is 0 Å². The van der Waals surface area contributed by atoms with Crippen LogP contribution in [0.2, 0.25) is 0 Å². The van der Waals surface area contributed by atoms with Crippen molar-refractivity contribution in [1.29, 1.82) is 0 Å². The van der Waals surface area contributed by atoms with Crippen molar-refractivity contribution in [3.8, 4) is 0 Å². The molecule has 0 fully saturated rings. The highest BCUT2D eigenvalue weighted by Gasteiger charge is 2.06. The molecule has 0 rings (SSSR count). The third-order valence-electron chi connectivity index (χ3n) is 2.96. The van der Waals surface area contributed by atoms with E-state index in [1.807, 2.05) is 0 Å². The van der Waals surface area contributed by atoms with Crippen LogP contribution >= 0.6 is 0 Å². The van der Waals surface area contributed by atoms with E-state index in [-0.39, 0.29) is 30.9 Å². The number of nitrogens with one attached hydrogen (secondary N) is 2. The fourth-order valence-corrected chi connectivity index (χ4v) is 1.65. The molecule has 6 heteroatoms. The van der Waals surface area contributed by atoms with Crippen LogP contribution < -0.4 is 10.6 Å². The van der Waals surface area contributed by atoms with E-state index in [2.05, 4.69) is 10.6 Å². The molecular weight excluding hydrogens is 248 g/mol. The van der Waals surface area contributed by atoms with E-state index in [9.17, 15) is 9.59 Å². The van der Waals surface area contributed by atoms with Crippen LogP contribution in [-0.4, -0.2) is 48.8 Å². The summed E-state index contributed by atoms with van der Waals surface area (Å²) in [5.74, 6) is -0.139. The van der Waals surface area contributed by atoms with E-state index < -0.39 is 0 Å². The number of aliphatic hydroxyl groups is 2. The van der Waals surface area contributed by atoms with Crippen molar-refractivity contribution < 1.29 is 19.8 Å². The summed E-state index contributed by atoms with van der Waals surface area (Å²) < 4.78 is 0. The lowest BCUT2D eigenvalue weighted by molar-refractivity contribution is -0.122. The minimum Gasteiger partial charge on any atom is -0.396 e. The molecule has 0 saturated carbocycles. The molecule has 112 valence electrons. The zero-order valence-electron chi connectivity index (χ0n) is 11.7. The Kier molecular flexibility index (Phi) is 11.2. The second kappa shape index (κ2) is 11.9. The Bertz CT molecular complexity index is 255. The number of hydrogen-bond donors (Lipinski definition) is 4. The number of carbonyl (C=O) groups excluding carboxylic acids is 2. The predicted molar refractivity (Wildman–Crippen MR) is 72.4 cm³/mol. The molecule has 0 spiro atoms.